The van der Waals surface area contributed by atoms with Gasteiger partial charge in [-0.3, -0.25) is 4.79 Å². The number of rotatable bonds is 2. The Hall–Kier alpha value is -1.30. The number of carbonyl (C=O) groups is 1. The van der Waals surface area contributed by atoms with Crippen LogP contribution in [0.4, 0.5) is 8.78 Å². The van der Waals surface area contributed by atoms with Gasteiger partial charge in [-0.05, 0) is 25.0 Å². The fraction of sp³-hybridized carbons (Fsp3) is 0.364. The third-order valence-corrected chi connectivity index (χ3v) is 4.75. The van der Waals surface area contributed by atoms with Gasteiger partial charge in [-0.1, -0.05) is 0 Å². The maximum atomic E-state index is 12.9. The molecule has 1 unspecified atom stereocenters. The van der Waals surface area contributed by atoms with Crippen LogP contribution in [0.1, 0.15) is 23.2 Å². The first kappa shape index (κ1) is 12.2. The van der Waals surface area contributed by atoms with Crippen LogP contribution in [-0.4, -0.2) is 21.6 Å². The zero-order chi connectivity index (χ0) is 12.6. The predicted octanol–water partition coefficient (Wildman–Crippen LogP) is 2.37. The van der Waals surface area contributed by atoms with E-state index in [4.69, 9.17) is 0 Å². The van der Waals surface area contributed by atoms with Gasteiger partial charge in [0, 0.05) is 23.1 Å². The third kappa shape index (κ3) is 2.88. The normalized spacial score (nSPS) is 18.5. The van der Waals surface area contributed by atoms with E-state index in [9.17, 15) is 17.8 Å². The van der Waals surface area contributed by atoms with Gasteiger partial charge >= 0.3 is 0 Å². The Morgan fingerprint density at radius 3 is 2.29 bits per heavy atom. The molecule has 0 N–H and O–H groups in total. The largest absolute Gasteiger partial charge is 0.285 e. The topological polar surface area (TPSA) is 46.5 Å². The molecule has 92 valence electrons. The van der Waals surface area contributed by atoms with Crippen molar-refractivity contribution < 1.29 is 17.8 Å². The molecule has 17 heavy (non-hydrogen) atoms. The monoisotopic (exact) mass is 259 g/mol. The number of halogens is 2. The summed E-state index contributed by atoms with van der Waals surface area (Å²) in [5, 5.41) is -0.0649. The highest BCUT2D eigenvalue weighted by atomic mass is 32.2. The van der Waals surface area contributed by atoms with Gasteiger partial charge in [0.05, 0.1) is 9.73 Å². The summed E-state index contributed by atoms with van der Waals surface area (Å²) >= 11 is 0. The van der Waals surface area contributed by atoms with Gasteiger partial charge in [-0.25, -0.2) is 13.0 Å². The molecular formula is C11H11F2NO2S. The Labute approximate surface area is 98.0 Å². The molecule has 1 aromatic carbocycles. The highest BCUT2D eigenvalue weighted by Gasteiger charge is 2.31. The average molecular weight is 259 g/mol. The van der Waals surface area contributed by atoms with Crippen molar-refractivity contribution in [1.29, 1.82) is 0 Å². The number of carbonyl (C=O) groups excluding carboxylic acids is 1. The van der Waals surface area contributed by atoms with Crippen molar-refractivity contribution in [2.75, 3.05) is 6.26 Å². The van der Waals surface area contributed by atoms with Crippen LogP contribution in [0.3, 0.4) is 0 Å². The Bertz CT molecular complexity index is 567. The molecule has 1 fully saturated rings. The lowest BCUT2D eigenvalue weighted by Gasteiger charge is -2.01. The molecule has 1 atom stereocenters. The summed E-state index contributed by atoms with van der Waals surface area (Å²) in [6.07, 6.45) is 2.96. The molecule has 0 saturated heterocycles. The maximum Gasteiger partial charge on any atom is 0.285 e. The summed E-state index contributed by atoms with van der Waals surface area (Å²) in [7, 11) is -2.58. The quantitative estimate of drug-likeness (QED) is 0.818. The summed E-state index contributed by atoms with van der Waals surface area (Å²) in [5.74, 6) is -2.53. The fourth-order valence-corrected chi connectivity index (χ4v) is 3.07. The zero-order valence-electron chi connectivity index (χ0n) is 9.15. The lowest BCUT2D eigenvalue weighted by molar-refractivity contribution is 0.100. The van der Waals surface area contributed by atoms with Gasteiger partial charge < -0.3 is 0 Å². The number of hydrogen-bond acceptors (Lipinski definition) is 2. The predicted molar refractivity (Wildman–Crippen MR) is 60.2 cm³/mol. The molecule has 3 nitrogen and oxygen atoms in total. The molecule has 0 radical (unpaired) electrons. The first-order chi connectivity index (χ1) is 7.88. The smallest absolute Gasteiger partial charge is 0.266 e. The molecule has 1 aromatic rings. The van der Waals surface area contributed by atoms with Crippen LogP contribution in [0.5, 0.6) is 0 Å². The molecule has 6 heteroatoms. The van der Waals surface area contributed by atoms with E-state index in [0.717, 1.165) is 25.0 Å². The number of benzene rings is 1. The zero-order valence-corrected chi connectivity index (χ0v) is 9.97. The second kappa shape index (κ2) is 4.18. The Morgan fingerprint density at radius 1 is 1.29 bits per heavy atom. The minimum atomic E-state index is -2.58. The fourth-order valence-electron chi connectivity index (χ4n) is 1.47. The van der Waals surface area contributed by atoms with Crippen LogP contribution >= 0.6 is 0 Å². The lowest BCUT2D eigenvalue weighted by Crippen LogP contribution is -2.08. The Kier molecular flexibility index (Phi) is 2.99. The van der Waals surface area contributed by atoms with E-state index in [-0.39, 0.29) is 10.8 Å². The van der Waals surface area contributed by atoms with Gasteiger partial charge in [0.1, 0.15) is 11.6 Å². The van der Waals surface area contributed by atoms with E-state index in [0.29, 0.717) is 6.07 Å². The number of amides is 1. The number of hydrogen-bond donors (Lipinski definition) is 0. The van der Waals surface area contributed by atoms with E-state index in [1.54, 1.807) is 0 Å². The molecule has 0 spiro atoms. The Balaban J connectivity index is 2.34. The van der Waals surface area contributed by atoms with Gasteiger partial charge in [0.15, 0.2) is 0 Å². The maximum absolute atomic E-state index is 12.9. The van der Waals surface area contributed by atoms with E-state index in [1.165, 1.54) is 6.26 Å². The standard InChI is InChI=1S/C11H11F2NO2S/c1-17(16,10-2-3-10)14-11(15)7-4-8(12)6-9(13)5-7/h4-6,10H,2-3H2,1H3. The van der Waals surface area contributed by atoms with Crippen LogP contribution in [0.25, 0.3) is 0 Å². The SMILES string of the molecule is CS(=O)(=NC(=O)c1cc(F)cc(F)c1)C1CC1. The summed E-state index contributed by atoms with van der Waals surface area (Å²) in [4.78, 5) is 11.6. The van der Waals surface area contributed by atoms with Crippen LogP contribution in [0.2, 0.25) is 0 Å². The van der Waals surface area contributed by atoms with Crippen molar-refractivity contribution in [3.05, 3.63) is 35.4 Å². The first-order valence-electron chi connectivity index (χ1n) is 5.10. The molecule has 1 amide bonds. The van der Waals surface area contributed by atoms with Crippen LogP contribution in [0, 0.1) is 11.6 Å². The molecule has 1 saturated carbocycles. The number of nitrogens with zero attached hydrogens (tertiary/aromatic N) is 1. The second-order valence-electron chi connectivity index (χ2n) is 4.12. The Morgan fingerprint density at radius 2 is 1.82 bits per heavy atom. The molecule has 1 aliphatic rings. The molecule has 0 aliphatic heterocycles. The van der Waals surface area contributed by atoms with E-state index in [1.807, 2.05) is 0 Å². The third-order valence-electron chi connectivity index (χ3n) is 2.52. The summed E-state index contributed by atoms with van der Waals surface area (Å²) in [6.45, 7) is 0. The summed E-state index contributed by atoms with van der Waals surface area (Å²) < 4.78 is 41.3. The molecule has 0 heterocycles. The highest BCUT2D eigenvalue weighted by molar-refractivity contribution is 7.94. The van der Waals surface area contributed by atoms with Crippen molar-refractivity contribution in [2.45, 2.75) is 18.1 Å². The van der Waals surface area contributed by atoms with Gasteiger partial charge in [-0.15, -0.1) is 0 Å². The highest BCUT2D eigenvalue weighted by Crippen LogP contribution is 2.29. The molecule has 0 aromatic heterocycles. The van der Waals surface area contributed by atoms with E-state index < -0.39 is 27.3 Å². The minimum absolute atomic E-state index is 0.0649. The summed E-state index contributed by atoms with van der Waals surface area (Å²) in [5.41, 5.74) is -0.210. The van der Waals surface area contributed by atoms with Crippen LogP contribution < -0.4 is 0 Å². The van der Waals surface area contributed by atoms with Crippen molar-refractivity contribution in [2.24, 2.45) is 4.36 Å². The van der Waals surface area contributed by atoms with Gasteiger partial charge in [0.2, 0.25) is 0 Å². The minimum Gasteiger partial charge on any atom is -0.266 e. The molecular weight excluding hydrogens is 248 g/mol. The van der Waals surface area contributed by atoms with Crippen molar-refractivity contribution >= 4 is 15.6 Å². The molecule has 2 rings (SSSR count). The molecule has 0 bridgehead atoms. The van der Waals surface area contributed by atoms with Gasteiger partial charge in [-0.2, -0.15) is 4.36 Å². The van der Waals surface area contributed by atoms with Crippen molar-refractivity contribution in [3.8, 4) is 0 Å². The lowest BCUT2D eigenvalue weighted by atomic mass is 10.2. The van der Waals surface area contributed by atoms with Crippen molar-refractivity contribution in [1.82, 2.24) is 0 Å². The van der Waals surface area contributed by atoms with Crippen LogP contribution in [-0.2, 0) is 9.73 Å². The van der Waals surface area contributed by atoms with E-state index >= 15 is 0 Å². The molecule has 1 aliphatic carbocycles. The second-order valence-corrected chi connectivity index (χ2v) is 6.69. The van der Waals surface area contributed by atoms with Gasteiger partial charge in [0.25, 0.3) is 5.91 Å². The average Bonchev–Trinajstić information content (AvgIpc) is 2.98. The first-order valence-corrected chi connectivity index (χ1v) is 7.08. The van der Waals surface area contributed by atoms with Crippen molar-refractivity contribution in [3.63, 3.8) is 0 Å². The summed E-state index contributed by atoms with van der Waals surface area (Å²) in [6, 6.07) is 2.44. The van der Waals surface area contributed by atoms with E-state index in [2.05, 4.69) is 4.36 Å². The van der Waals surface area contributed by atoms with Crippen LogP contribution in [0.15, 0.2) is 22.6 Å².